The van der Waals surface area contributed by atoms with E-state index in [1.54, 1.807) is 11.3 Å². The molecule has 0 N–H and O–H groups in total. The van der Waals surface area contributed by atoms with Gasteiger partial charge in [0.05, 0.1) is 34.2 Å². The summed E-state index contributed by atoms with van der Waals surface area (Å²) in [7, 11) is -3.44. The molecule has 8 heteroatoms. The van der Waals surface area contributed by atoms with Gasteiger partial charge in [-0.1, -0.05) is 29.5 Å². The maximum atomic E-state index is 11.3. The summed E-state index contributed by atoms with van der Waals surface area (Å²) >= 11 is 1.59. The minimum atomic E-state index is -3.44. The highest BCUT2D eigenvalue weighted by Crippen LogP contribution is 2.34. The van der Waals surface area contributed by atoms with Crippen LogP contribution < -0.4 is 4.90 Å². The van der Waals surface area contributed by atoms with Gasteiger partial charge in [0.15, 0.2) is 5.13 Å². The van der Waals surface area contributed by atoms with Gasteiger partial charge in [-0.25, -0.2) is 4.98 Å². The first-order valence-electron chi connectivity index (χ1n) is 8.45. The van der Waals surface area contributed by atoms with Gasteiger partial charge in [-0.2, -0.15) is 13.7 Å². The number of rotatable bonds is 4. The molecule has 0 amide bonds. The first-order chi connectivity index (χ1) is 12.9. The highest BCUT2D eigenvalue weighted by atomic mass is 32.2. The summed E-state index contributed by atoms with van der Waals surface area (Å²) in [5, 5.41) is 9.80. The average molecular weight is 399 g/mol. The summed E-state index contributed by atoms with van der Waals surface area (Å²) in [5.41, 5.74) is 3.68. The van der Waals surface area contributed by atoms with Gasteiger partial charge in [0.2, 0.25) is 0 Å². The molecule has 0 bridgehead atoms. The molecule has 1 saturated heterocycles. The van der Waals surface area contributed by atoms with E-state index in [1.165, 1.54) is 0 Å². The fourth-order valence-corrected chi connectivity index (χ4v) is 4.88. The van der Waals surface area contributed by atoms with Crippen LogP contribution in [0.5, 0.6) is 0 Å². The Morgan fingerprint density at radius 3 is 2.67 bits per heavy atom. The number of thiazole rings is 1. The summed E-state index contributed by atoms with van der Waals surface area (Å²) in [5.74, 6) is 0. The topological polar surface area (TPSA) is 83.3 Å². The molecule has 1 fully saturated rings. The van der Waals surface area contributed by atoms with Gasteiger partial charge in [0, 0.05) is 13.1 Å². The van der Waals surface area contributed by atoms with Crippen molar-refractivity contribution in [2.75, 3.05) is 24.2 Å². The lowest BCUT2D eigenvalue weighted by molar-refractivity contribution is 0.234. The molecule has 1 aromatic heterocycles. The molecule has 0 unspecified atom stereocenters. The van der Waals surface area contributed by atoms with Gasteiger partial charge in [-0.15, -0.1) is 0 Å². The van der Waals surface area contributed by atoms with Gasteiger partial charge in [0.25, 0.3) is 10.1 Å². The third-order valence-electron chi connectivity index (χ3n) is 4.45. The highest BCUT2D eigenvalue weighted by Gasteiger charge is 2.28. The summed E-state index contributed by atoms with van der Waals surface area (Å²) < 4.78 is 28.8. The van der Waals surface area contributed by atoms with Crippen LogP contribution in [0.1, 0.15) is 12.0 Å². The standard InChI is InChI=1S/C19H17N3O3S2/c1-27(23,24)25-16-8-9-22(12-16)19-21-17-7-6-15(10-18(17)26-19)14-4-2-13(11-20)3-5-14/h2-7,10,16H,8-9,12H2,1H3/t16-/m1/s1. The maximum absolute atomic E-state index is 11.3. The molecule has 0 radical (unpaired) electrons. The Morgan fingerprint density at radius 1 is 1.22 bits per heavy atom. The molecule has 0 aliphatic carbocycles. The van der Waals surface area contributed by atoms with Crippen molar-refractivity contribution in [3.63, 3.8) is 0 Å². The first-order valence-corrected chi connectivity index (χ1v) is 11.1. The molecule has 3 aromatic rings. The Balaban J connectivity index is 1.57. The second-order valence-corrected chi connectivity index (χ2v) is 9.13. The predicted octanol–water partition coefficient (Wildman–Crippen LogP) is 3.39. The lowest BCUT2D eigenvalue weighted by Crippen LogP contribution is -2.24. The van der Waals surface area contributed by atoms with Crippen LogP contribution in [0.25, 0.3) is 21.3 Å². The molecule has 0 saturated carbocycles. The number of anilines is 1. The third-order valence-corrected chi connectivity index (χ3v) is 6.15. The van der Waals surface area contributed by atoms with E-state index in [2.05, 4.69) is 22.0 Å². The van der Waals surface area contributed by atoms with Crippen LogP contribution in [-0.4, -0.2) is 38.9 Å². The normalized spacial score (nSPS) is 17.3. The van der Waals surface area contributed by atoms with E-state index in [9.17, 15) is 8.42 Å². The minimum Gasteiger partial charge on any atom is -0.345 e. The van der Waals surface area contributed by atoms with Gasteiger partial charge in [-0.05, 0) is 41.8 Å². The zero-order valence-corrected chi connectivity index (χ0v) is 16.3. The zero-order chi connectivity index (χ0) is 19.0. The number of fused-ring (bicyclic) bond motifs is 1. The van der Waals surface area contributed by atoms with Crippen molar-refractivity contribution in [1.29, 1.82) is 5.26 Å². The lowest BCUT2D eigenvalue weighted by atomic mass is 10.0. The average Bonchev–Trinajstić information content (AvgIpc) is 3.26. The molecule has 0 spiro atoms. The van der Waals surface area contributed by atoms with Crippen LogP contribution in [-0.2, 0) is 14.3 Å². The molecule has 27 heavy (non-hydrogen) atoms. The molecule has 6 nitrogen and oxygen atoms in total. The highest BCUT2D eigenvalue weighted by molar-refractivity contribution is 7.86. The Bertz CT molecular complexity index is 1130. The second-order valence-electron chi connectivity index (χ2n) is 6.53. The Kier molecular flexibility index (Phi) is 4.60. The van der Waals surface area contributed by atoms with Crippen molar-refractivity contribution in [2.24, 2.45) is 0 Å². The number of benzene rings is 2. The van der Waals surface area contributed by atoms with E-state index in [1.807, 2.05) is 36.4 Å². The van der Waals surface area contributed by atoms with E-state index in [0.29, 0.717) is 18.5 Å². The van der Waals surface area contributed by atoms with Crippen LogP contribution >= 0.6 is 11.3 Å². The number of hydrogen-bond acceptors (Lipinski definition) is 7. The van der Waals surface area contributed by atoms with E-state index < -0.39 is 10.1 Å². The van der Waals surface area contributed by atoms with E-state index >= 15 is 0 Å². The van der Waals surface area contributed by atoms with E-state index in [4.69, 9.17) is 9.44 Å². The van der Waals surface area contributed by atoms with Crippen molar-refractivity contribution >= 4 is 36.8 Å². The quantitative estimate of drug-likeness (QED) is 0.626. The number of aromatic nitrogens is 1. The largest absolute Gasteiger partial charge is 0.345 e. The molecule has 4 rings (SSSR count). The summed E-state index contributed by atoms with van der Waals surface area (Å²) in [6.07, 6.45) is 1.43. The zero-order valence-electron chi connectivity index (χ0n) is 14.6. The SMILES string of the molecule is CS(=O)(=O)O[C@@H]1CCN(c2nc3ccc(-c4ccc(C#N)cc4)cc3s2)C1. The molecule has 1 aliphatic rings. The van der Waals surface area contributed by atoms with Crippen LogP contribution in [0.4, 0.5) is 5.13 Å². The monoisotopic (exact) mass is 399 g/mol. The summed E-state index contributed by atoms with van der Waals surface area (Å²) in [6, 6.07) is 15.7. The maximum Gasteiger partial charge on any atom is 0.264 e. The lowest BCUT2D eigenvalue weighted by Gasteiger charge is -2.14. The Hall–Kier alpha value is -2.47. The van der Waals surface area contributed by atoms with Gasteiger partial charge >= 0.3 is 0 Å². The predicted molar refractivity (Wildman–Crippen MR) is 106 cm³/mol. The number of nitrogens with zero attached hydrogens (tertiary/aromatic N) is 3. The number of hydrogen-bond donors (Lipinski definition) is 0. The smallest absolute Gasteiger partial charge is 0.264 e. The van der Waals surface area contributed by atoms with Gasteiger partial charge in [-0.3, -0.25) is 4.18 Å². The van der Waals surface area contributed by atoms with Crippen molar-refractivity contribution < 1.29 is 12.6 Å². The molecule has 1 aliphatic heterocycles. The Labute approximate surface area is 161 Å². The molecule has 1 atom stereocenters. The van der Waals surface area contributed by atoms with Crippen LogP contribution in [0.3, 0.4) is 0 Å². The van der Waals surface area contributed by atoms with Crippen LogP contribution in [0, 0.1) is 11.3 Å². The minimum absolute atomic E-state index is 0.318. The summed E-state index contributed by atoms with van der Waals surface area (Å²) in [4.78, 5) is 6.76. The molecule has 138 valence electrons. The van der Waals surface area contributed by atoms with E-state index in [-0.39, 0.29) is 6.10 Å². The molecular weight excluding hydrogens is 382 g/mol. The van der Waals surface area contributed by atoms with Crippen molar-refractivity contribution in [2.45, 2.75) is 12.5 Å². The van der Waals surface area contributed by atoms with Gasteiger partial charge in [0.1, 0.15) is 0 Å². The fraction of sp³-hybridized carbons (Fsp3) is 0.263. The van der Waals surface area contributed by atoms with Crippen LogP contribution in [0.2, 0.25) is 0 Å². The fourth-order valence-electron chi connectivity index (χ4n) is 3.19. The Morgan fingerprint density at radius 2 is 1.96 bits per heavy atom. The molecule has 2 heterocycles. The third kappa shape index (κ3) is 3.95. The first kappa shape index (κ1) is 17.9. The van der Waals surface area contributed by atoms with Gasteiger partial charge < -0.3 is 4.90 Å². The summed E-state index contributed by atoms with van der Waals surface area (Å²) in [6.45, 7) is 1.25. The van der Waals surface area contributed by atoms with Crippen molar-refractivity contribution in [3.05, 3.63) is 48.0 Å². The van der Waals surface area contributed by atoms with Crippen molar-refractivity contribution in [3.8, 4) is 17.2 Å². The van der Waals surface area contributed by atoms with Crippen molar-refractivity contribution in [1.82, 2.24) is 4.98 Å². The number of nitriles is 1. The van der Waals surface area contributed by atoms with E-state index in [0.717, 1.165) is 39.3 Å². The van der Waals surface area contributed by atoms with Crippen LogP contribution in [0.15, 0.2) is 42.5 Å². The molecular formula is C19H17N3O3S2. The molecule has 2 aromatic carbocycles. The second kappa shape index (κ2) is 6.93.